The van der Waals surface area contributed by atoms with Crippen molar-refractivity contribution in [3.05, 3.63) is 62.1 Å². The Bertz CT molecular complexity index is 842. The van der Waals surface area contributed by atoms with Gasteiger partial charge >= 0.3 is 5.63 Å². The highest BCUT2D eigenvalue weighted by Crippen LogP contribution is 2.23. The number of amidine groups is 1. The van der Waals surface area contributed by atoms with Gasteiger partial charge in [-0.15, -0.1) is 0 Å². The van der Waals surface area contributed by atoms with Crippen LogP contribution >= 0.6 is 23.2 Å². The standard InChI is InChI=1S/C18H18Cl2N2O3/c1-12-8-15(11-18(23)25-12)21-17(22-4-6-24-7-5-22)9-13-2-3-14(19)10-16(13)20/h2-3,8,10-11H,4-7,9H2,1H3. The summed E-state index contributed by atoms with van der Waals surface area (Å²) in [6.07, 6.45) is 0.537. The molecule has 1 aliphatic heterocycles. The Balaban J connectivity index is 1.96. The summed E-state index contributed by atoms with van der Waals surface area (Å²) in [6.45, 7) is 4.49. The number of benzene rings is 1. The van der Waals surface area contributed by atoms with Crippen molar-refractivity contribution in [3.63, 3.8) is 0 Å². The molecule has 1 saturated heterocycles. The molecule has 5 nitrogen and oxygen atoms in total. The second-order valence-corrected chi connectivity index (χ2v) is 6.63. The highest BCUT2D eigenvalue weighted by atomic mass is 35.5. The molecule has 0 atom stereocenters. The molecule has 3 rings (SSSR count). The smallest absolute Gasteiger partial charge is 0.338 e. The van der Waals surface area contributed by atoms with Crippen molar-refractivity contribution < 1.29 is 9.15 Å². The van der Waals surface area contributed by atoms with Crippen molar-refractivity contribution in [3.8, 4) is 0 Å². The zero-order valence-electron chi connectivity index (χ0n) is 13.8. The second-order valence-electron chi connectivity index (χ2n) is 5.79. The topological polar surface area (TPSA) is 55.0 Å². The normalized spacial score (nSPS) is 15.5. The molecule has 7 heteroatoms. The van der Waals surface area contributed by atoms with E-state index >= 15 is 0 Å². The van der Waals surface area contributed by atoms with Crippen molar-refractivity contribution in [2.24, 2.45) is 4.99 Å². The van der Waals surface area contributed by atoms with Gasteiger partial charge in [-0.25, -0.2) is 9.79 Å². The summed E-state index contributed by atoms with van der Waals surface area (Å²) in [5.41, 5.74) is 1.08. The molecular weight excluding hydrogens is 363 g/mol. The van der Waals surface area contributed by atoms with Crippen LogP contribution in [0.15, 0.2) is 44.5 Å². The molecule has 2 heterocycles. The van der Waals surface area contributed by atoms with Crippen molar-refractivity contribution in [1.29, 1.82) is 0 Å². The van der Waals surface area contributed by atoms with Gasteiger partial charge in [0.2, 0.25) is 0 Å². The van der Waals surface area contributed by atoms with Gasteiger partial charge in [0.1, 0.15) is 11.6 Å². The molecule has 132 valence electrons. The van der Waals surface area contributed by atoms with Gasteiger partial charge in [-0.3, -0.25) is 0 Å². The lowest BCUT2D eigenvalue weighted by atomic mass is 10.1. The molecule has 0 bridgehead atoms. The Morgan fingerprint density at radius 1 is 1.20 bits per heavy atom. The minimum atomic E-state index is -0.412. The fraction of sp³-hybridized carbons (Fsp3) is 0.333. The van der Waals surface area contributed by atoms with E-state index in [4.69, 9.17) is 37.3 Å². The third kappa shape index (κ3) is 4.84. The zero-order chi connectivity index (χ0) is 17.8. The average molecular weight is 381 g/mol. The molecule has 2 aromatic rings. The van der Waals surface area contributed by atoms with E-state index in [1.165, 1.54) is 6.07 Å². The first-order valence-corrected chi connectivity index (χ1v) is 8.73. The average Bonchev–Trinajstić information content (AvgIpc) is 2.56. The van der Waals surface area contributed by atoms with E-state index in [9.17, 15) is 4.79 Å². The van der Waals surface area contributed by atoms with Gasteiger partial charge in [0.15, 0.2) is 0 Å². The van der Waals surface area contributed by atoms with Gasteiger partial charge in [0.05, 0.1) is 18.9 Å². The minimum absolute atomic E-state index is 0.412. The number of rotatable bonds is 3. The number of hydrogen-bond acceptors (Lipinski definition) is 4. The maximum Gasteiger partial charge on any atom is 0.338 e. The predicted molar refractivity (Wildman–Crippen MR) is 99.4 cm³/mol. The first-order chi connectivity index (χ1) is 12.0. The molecular formula is C18H18Cl2N2O3. The fourth-order valence-corrected chi connectivity index (χ4v) is 3.16. The molecule has 0 unspecified atom stereocenters. The van der Waals surface area contributed by atoms with Crippen LogP contribution in [0.25, 0.3) is 0 Å². The lowest BCUT2D eigenvalue weighted by Gasteiger charge is -2.30. The van der Waals surface area contributed by atoms with E-state index in [1.807, 2.05) is 6.07 Å². The number of hydrogen-bond donors (Lipinski definition) is 0. The molecule has 25 heavy (non-hydrogen) atoms. The van der Waals surface area contributed by atoms with E-state index in [-0.39, 0.29) is 0 Å². The van der Waals surface area contributed by atoms with Crippen LogP contribution in [0, 0.1) is 6.92 Å². The van der Waals surface area contributed by atoms with Crippen LogP contribution in [-0.4, -0.2) is 37.0 Å². The van der Waals surface area contributed by atoms with Crippen LogP contribution in [0.3, 0.4) is 0 Å². The largest absolute Gasteiger partial charge is 0.428 e. The Morgan fingerprint density at radius 2 is 1.96 bits per heavy atom. The Labute approximate surface area is 155 Å². The third-order valence-electron chi connectivity index (χ3n) is 3.88. The van der Waals surface area contributed by atoms with Crippen LogP contribution in [0.5, 0.6) is 0 Å². The van der Waals surface area contributed by atoms with Crippen molar-refractivity contribution in [1.82, 2.24) is 4.90 Å². The third-order valence-corrected chi connectivity index (χ3v) is 4.46. The quantitative estimate of drug-likeness (QED) is 0.599. The van der Waals surface area contributed by atoms with Crippen LogP contribution < -0.4 is 5.63 Å². The van der Waals surface area contributed by atoms with Gasteiger partial charge in [-0.05, 0) is 24.6 Å². The van der Waals surface area contributed by atoms with Crippen molar-refractivity contribution in [2.75, 3.05) is 26.3 Å². The summed E-state index contributed by atoms with van der Waals surface area (Å²) < 4.78 is 10.4. The van der Waals surface area contributed by atoms with Gasteiger partial charge < -0.3 is 14.1 Å². The monoisotopic (exact) mass is 380 g/mol. The van der Waals surface area contributed by atoms with Crippen molar-refractivity contribution in [2.45, 2.75) is 13.3 Å². The summed E-state index contributed by atoms with van der Waals surface area (Å²) in [6, 6.07) is 8.55. The van der Waals surface area contributed by atoms with Gasteiger partial charge in [-0.1, -0.05) is 29.3 Å². The van der Waals surface area contributed by atoms with Crippen LogP contribution in [0.4, 0.5) is 5.69 Å². The summed E-state index contributed by atoms with van der Waals surface area (Å²) in [5.74, 6) is 1.36. The predicted octanol–water partition coefficient (Wildman–Crippen LogP) is 3.86. The van der Waals surface area contributed by atoms with E-state index in [2.05, 4.69) is 4.90 Å². The molecule has 0 amide bonds. The van der Waals surface area contributed by atoms with Crippen LogP contribution in [0.2, 0.25) is 10.0 Å². The summed E-state index contributed by atoms with van der Waals surface area (Å²) >= 11 is 12.3. The lowest BCUT2D eigenvalue weighted by molar-refractivity contribution is 0.0674. The maximum atomic E-state index is 11.6. The Hall–Kier alpha value is -1.82. The Kier molecular flexibility index (Phi) is 5.78. The highest BCUT2D eigenvalue weighted by molar-refractivity contribution is 6.35. The number of halogens is 2. The Morgan fingerprint density at radius 3 is 2.64 bits per heavy atom. The minimum Gasteiger partial charge on any atom is -0.428 e. The zero-order valence-corrected chi connectivity index (χ0v) is 15.3. The maximum absolute atomic E-state index is 11.6. The first-order valence-electron chi connectivity index (χ1n) is 7.97. The number of aliphatic imine (C=N–C) groups is 1. The van der Waals surface area contributed by atoms with Crippen LogP contribution in [-0.2, 0) is 11.2 Å². The van der Waals surface area contributed by atoms with Gasteiger partial charge in [0.25, 0.3) is 0 Å². The van der Waals surface area contributed by atoms with Crippen molar-refractivity contribution >= 4 is 34.7 Å². The number of morpholine rings is 1. The fourth-order valence-electron chi connectivity index (χ4n) is 2.68. The van der Waals surface area contributed by atoms with E-state index in [0.717, 1.165) is 24.5 Å². The molecule has 1 aliphatic rings. The summed E-state index contributed by atoms with van der Waals surface area (Å²) in [5, 5.41) is 1.19. The van der Waals surface area contributed by atoms with E-state index in [0.29, 0.717) is 41.1 Å². The van der Waals surface area contributed by atoms with E-state index < -0.39 is 5.63 Å². The molecule has 0 N–H and O–H groups in total. The van der Waals surface area contributed by atoms with Gasteiger partial charge in [-0.2, -0.15) is 0 Å². The summed E-state index contributed by atoms with van der Waals surface area (Å²) in [7, 11) is 0. The van der Waals surface area contributed by atoms with Crippen LogP contribution in [0.1, 0.15) is 11.3 Å². The number of nitrogens with zero attached hydrogens (tertiary/aromatic N) is 2. The first kappa shape index (κ1) is 18.0. The highest BCUT2D eigenvalue weighted by Gasteiger charge is 2.17. The molecule has 1 aromatic heterocycles. The molecule has 1 aromatic carbocycles. The molecule has 0 radical (unpaired) electrons. The molecule has 0 spiro atoms. The number of ether oxygens (including phenoxy) is 1. The number of aryl methyl sites for hydroxylation is 1. The lowest BCUT2D eigenvalue weighted by Crippen LogP contribution is -2.41. The SMILES string of the molecule is Cc1cc(N=C(Cc2ccc(Cl)cc2Cl)N2CCOCC2)cc(=O)o1. The summed E-state index contributed by atoms with van der Waals surface area (Å²) in [4.78, 5) is 18.5. The molecule has 1 fully saturated rings. The molecule has 0 saturated carbocycles. The second kappa shape index (κ2) is 8.04. The molecule has 0 aliphatic carbocycles. The van der Waals surface area contributed by atoms with E-state index in [1.54, 1.807) is 25.1 Å². The van der Waals surface area contributed by atoms with Gasteiger partial charge in [0, 0.05) is 41.7 Å².